The van der Waals surface area contributed by atoms with Crippen molar-refractivity contribution < 1.29 is 38.2 Å². The van der Waals surface area contributed by atoms with Gasteiger partial charge in [-0.15, -0.1) is 11.3 Å². The quantitative estimate of drug-likeness (QED) is 0.0740. The molecule has 2 aromatic carbocycles. The molecule has 5 amide bonds. The lowest BCUT2D eigenvalue weighted by molar-refractivity contribution is -0.145. The zero-order chi connectivity index (χ0) is 53.8. The first-order chi connectivity index (χ1) is 35.6. The molecule has 4 atom stereocenters. The summed E-state index contributed by atoms with van der Waals surface area (Å²) in [5, 5.41) is 20.1. The molecule has 1 aliphatic carbocycles. The van der Waals surface area contributed by atoms with Gasteiger partial charge >= 0.3 is 0 Å². The Kier molecular flexibility index (Phi) is 17.4. The van der Waals surface area contributed by atoms with Crippen LogP contribution in [0, 0.1) is 17.8 Å². The molecule has 0 unspecified atom stereocenters. The molecule has 5 heterocycles. The number of aliphatic hydroxyl groups excluding tert-OH is 1. The third-order valence-corrected chi connectivity index (χ3v) is 17.2. The predicted molar refractivity (Wildman–Crippen MR) is 287 cm³/mol. The summed E-state index contributed by atoms with van der Waals surface area (Å²) >= 11 is 9.63. The number of aryl methyl sites for hydroxylation is 1. The minimum absolute atomic E-state index is 0.00119. The zero-order valence-electron chi connectivity index (χ0n) is 43.5. The van der Waals surface area contributed by atoms with E-state index in [4.69, 9.17) is 22.1 Å². The maximum Gasteiger partial charge on any atom is 0.258 e. The normalized spacial score (nSPS) is 20.8. The van der Waals surface area contributed by atoms with Gasteiger partial charge < -0.3 is 46.2 Å². The van der Waals surface area contributed by atoms with Crippen molar-refractivity contribution in [3.63, 3.8) is 0 Å². The van der Waals surface area contributed by atoms with E-state index >= 15 is 0 Å². The molecule has 22 heteroatoms. The number of piperazine rings is 1. The summed E-state index contributed by atoms with van der Waals surface area (Å²) in [5.74, 6) is -1.30. The molecule has 0 radical (unpaired) electrons. The SMILES string of the molecule is Cc1ncsc1-c1ccc(CNC(=O)[C@@H]2C[C@@H](O)CN2C(=O)[C@@H](NC(=O)C2(F)CC2)C(C)(C)C)c(OCCN2CCN(C(=O)CC(=O)Nc3cccc(Sc4cnc(N5CCC(C)(CN)CC5)cn4)c3Cl)[C@H](C)C2)c1. The molecular formula is C53H69ClFN11O7S2. The number of thiazole rings is 1. The standard InChI is InChI=1S/C53H69ClFN11O7S2/c1-32-28-63(18-19-65(32)44(69)24-42(68)61-37-8-7-9-40(45(37)54)75-43-27-57-41(26-58-43)64-16-14-52(6,30-56)15-17-64)20-21-73-39-22-34(46-33(2)60-31-74-46)10-11-35(39)25-59-48(70)38-23-36(67)29-66(38)49(71)47(51(3,4)5)62-50(72)53(55)12-13-53/h7-11,22,26-27,31-32,36,38,47,67H,12-21,23-25,28-30,56H2,1-6H3,(H,59,70)(H,61,68)(H,62,72)/t32-,36-,38+,47-/m1/s1. The van der Waals surface area contributed by atoms with Gasteiger partial charge in [0.1, 0.15) is 41.7 Å². The fraction of sp³-hybridized carbons (Fsp3) is 0.547. The number of likely N-dealkylation sites (tertiary alicyclic amines) is 1. The van der Waals surface area contributed by atoms with Gasteiger partial charge in [0, 0.05) is 75.3 Å². The highest BCUT2D eigenvalue weighted by Crippen LogP contribution is 2.41. The average Bonchev–Trinajstić information content (AvgIpc) is 3.79. The fourth-order valence-electron chi connectivity index (χ4n) is 9.70. The number of carbonyl (C=O) groups excluding carboxylic acids is 5. The zero-order valence-corrected chi connectivity index (χ0v) is 45.9. The van der Waals surface area contributed by atoms with E-state index in [0.717, 1.165) is 47.9 Å². The maximum absolute atomic E-state index is 14.7. The molecule has 4 aliphatic rings. The highest BCUT2D eigenvalue weighted by molar-refractivity contribution is 7.99. The van der Waals surface area contributed by atoms with Crippen molar-refractivity contribution in [1.82, 2.24) is 40.3 Å². The lowest BCUT2D eigenvalue weighted by Gasteiger charge is -2.39. The molecule has 3 saturated heterocycles. The van der Waals surface area contributed by atoms with Crippen LogP contribution < -0.4 is 31.3 Å². The van der Waals surface area contributed by atoms with Gasteiger partial charge in [-0.1, -0.05) is 69.3 Å². The lowest BCUT2D eigenvalue weighted by atomic mass is 9.80. The monoisotopic (exact) mass is 1090 g/mol. The number of amides is 5. The molecule has 2 aromatic heterocycles. The van der Waals surface area contributed by atoms with Crippen LogP contribution in [-0.2, 0) is 30.5 Å². The number of benzene rings is 2. The van der Waals surface area contributed by atoms with Gasteiger partial charge in [-0.2, -0.15) is 0 Å². The molecule has 75 heavy (non-hydrogen) atoms. The molecule has 0 spiro atoms. The first-order valence-electron chi connectivity index (χ1n) is 25.6. The van der Waals surface area contributed by atoms with E-state index in [1.165, 1.54) is 28.0 Å². The van der Waals surface area contributed by atoms with Crippen molar-refractivity contribution in [2.45, 2.75) is 126 Å². The van der Waals surface area contributed by atoms with Gasteiger partial charge in [0.2, 0.25) is 23.6 Å². The van der Waals surface area contributed by atoms with Crippen LogP contribution >= 0.6 is 34.7 Å². The van der Waals surface area contributed by atoms with Crippen LogP contribution in [0.2, 0.25) is 5.02 Å². The molecule has 8 rings (SSSR count). The summed E-state index contributed by atoms with van der Waals surface area (Å²) in [7, 11) is 0. The predicted octanol–water partition coefficient (Wildman–Crippen LogP) is 5.83. The van der Waals surface area contributed by atoms with Gasteiger partial charge in [0.15, 0.2) is 5.67 Å². The number of ether oxygens (including phenoxy) is 1. The molecule has 3 aliphatic heterocycles. The van der Waals surface area contributed by atoms with E-state index < -0.39 is 52.9 Å². The molecular weight excluding hydrogens is 1020 g/mol. The number of aliphatic hydroxyl groups is 1. The Morgan fingerprint density at radius 2 is 1.77 bits per heavy atom. The Bertz CT molecular complexity index is 2730. The summed E-state index contributed by atoms with van der Waals surface area (Å²) in [4.78, 5) is 90.3. The first kappa shape index (κ1) is 55.8. The Hall–Kier alpha value is -5.45. The molecule has 0 bridgehead atoms. The van der Waals surface area contributed by atoms with E-state index in [1.807, 2.05) is 38.1 Å². The van der Waals surface area contributed by atoms with E-state index in [9.17, 15) is 33.5 Å². The van der Waals surface area contributed by atoms with Crippen LogP contribution in [0.1, 0.15) is 84.4 Å². The lowest BCUT2D eigenvalue weighted by Crippen LogP contribution is -2.59. The fourth-order valence-corrected chi connectivity index (χ4v) is 11.6. The van der Waals surface area contributed by atoms with Crippen molar-refractivity contribution in [3.05, 3.63) is 70.6 Å². The largest absolute Gasteiger partial charge is 0.492 e. The number of aromatic nitrogens is 3. The number of rotatable bonds is 18. The van der Waals surface area contributed by atoms with Crippen LogP contribution in [-0.4, -0.2) is 153 Å². The number of anilines is 2. The van der Waals surface area contributed by atoms with Crippen LogP contribution in [0.4, 0.5) is 15.9 Å². The summed E-state index contributed by atoms with van der Waals surface area (Å²) in [6.45, 7) is 16.1. The second-order valence-corrected chi connectivity index (χ2v) is 24.0. The van der Waals surface area contributed by atoms with Crippen molar-refractivity contribution in [3.8, 4) is 16.2 Å². The minimum Gasteiger partial charge on any atom is -0.492 e. The second-order valence-electron chi connectivity index (χ2n) is 21.7. The third-order valence-electron chi connectivity index (χ3n) is 14.7. The van der Waals surface area contributed by atoms with E-state index in [1.54, 1.807) is 55.7 Å². The molecule has 1 saturated carbocycles. The molecule has 404 valence electrons. The number of carbonyl (C=O) groups is 5. The van der Waals surface area contributed by atoms with Gasteiger partial charge in [-0.3, -0.25) is 28.9 Å². The van der Waals surface area contributed by atoms with Crippen molar-refractivity contribution in [2.24, 2.45) is 16.6 Å². The smallest absolute Gasteiger partial charge is 0.258 e. The van der Waals surface area contributed by atoms with Gasteiger partial charge in [-0.05, 0) is 80.7 Å². The summed E-state index contributed by atoms with van der Waals surface area (Å²) < 4.78 is 21.2. The van der Waals surface area contributed by atoms with Gasteiger partial charge in [0.25, 0.3) is 5.91 Å². The molecule has 4 fully saturated rings. The highest BCUT2D eigenvalue weighted by Gasteiger charge is 2.53. The second kappa shape index (κ2) is 23.4. The number of nitrogens with two attached hydrogens (primary N) is 1. The summed E-state index contributed by atoms with van der Waals surface area (Å²) in [5.41, 5.74) is 7.95. The van der Waals surface area contributed by atoms with Crippen LogP contribution in [0.15, 0.2) is 64.2 Å². The number of piperidine rings is 1. The number of hydrogen-bond donors (Lipinski definition) is 5. The van der Waals surface area contributed by atoms with E-state index in [-0.39, 0.29) is 62.7 Å². The van der Waals surface area contributed by atoms with Crippen molar-refractivity contribution in [2.75, 3.05) is 69.2 Å². The molecule has 18 nitrogen and oxygen atoms in total. The Morgan fingerprint density at radius 1 is 1.01 bits per heavy atom. The molecule has 6 N–H and O–H groups in total. The average molecular weight is 1090 g/mol. The first-order valence-corrected chi connectivity index (χ1v) is 27.7. The van der Waals surface area contributed by atoms with E-state index in [2.05, 4.69) is 47.6 Å². The third kappa shape index (κ3) is 13.6. The Balaban J connectivity index is 0.828. The topological polar surface area (TPSA) is 229 Å². The number of β-amino-alcohol motifs (C(OH)–C–C–N with tert-alkyl or cyclic N) is 1. The van der Waals surface area contributed by atoms with Crippen LogP contribution in [0.25, 0.3) is 10.4 Å². The minimum atomic E-state index is -1.99. The highest BCUT2D eigenvalue weighted by atomic mass is 35.5. The maximum atomic E-state index is 14.7. The van der Waals surface area contributed by atoms with Gasteiger partial charge in [0.05, 0.1) is 45.3 Å². The number of nitrogens with zero attached hydrogens (tertiary/aromatic N) is 7. The summed E-state index contributed by atoms with van der Waals surface area (Å²) in [6, 6.07) is 8.72. The van der Waals surface area contributed by atoms with Crippen LogP contribution in [0.3, 0.4) is 0 Å². The van der Waals surface area contributed by atoms with Crippen molar-refractivity contribution >= 4 is 75.7 Å². The number of nitrogens with one attached hydrogen (secondary N) is 3. The van der Waals surface area contributed by atoms with Crippen molar-refractivity contribution in [1.29, 1.82) is 0 Å². The van der Waals surface area contributed by atoms with Gasteiger partial charge in [-0.25, -0.2) is 19.3 Å². The number of halogens is 2. The number of alkyl halides is 1. The Morgan fingerprint density at radius 3 is 2.43 bits per heavy atom. The number of hydrogen-bond acceptors (Lipinski definition) is 15. The molecule has 4 aromatic rings. The van der Waals surface area contributed by atoms with Crippen LogP contribution in [0.5, 0.6) is 5.75 Å². The van der Waals surface area contributed by atoms with E-state index in [0.29, 0.717) is 64.7 Å². The Labute approximate surface area is 451 Å². The summed E-state index contributed by atoms with van der Waals surface area (Å²) in [6.07, 6.45) is 4.34.